The number of nitrogens with one attached hydrogen (secondary N) is 1. The standard InChI is InChI=1S/C11H14IN5/c1-7-10(8(2)17(3)16-7)6-15-11-13-4-9(12)5-14-11/h4-5H,6H2,1-3H3,(H,13,14,15). The monoisotopic (exact) mass is 343 g/mol. The highest BCUT2D eigenvalue weighted by Crippen LogP contribution is 2.13. The molecule has 0 spiro atoms. The van der Waals surface area contributed by atoms with Gasteiger partial charge in [-0.05, 0) is 36.4 Å². The number of aromatic nitrogens is 4. The Morgan fingerprint density at radius 2 is 1.94 bits per heavy atom. The Labute approximate surface area is 114 Å². The minimum atomic E-state index is 0.646. The highest BCUT2D eigenvalue weighted by atomic mass is 127. The summed E-state index contributed by atoms with van der Waals surface area (Å²) in [6.45, 7) is 4.77. The summed E-state index contributed by atoms with van der Waals surface area (Å²) < 4.78 is 2.92. The summed E-state index contributed by atoms with van der Waals surface area (Å²) in [6, 6.07) is 0. The largest absolute Gasteiger partial charge is 0.350 e. The number of halogens is 1. The van der Waals surface area contributed by atoms with Gasteiger partial charge in [0.2, 0.25) is 5.95 Å². The van der Waals surface area contributed by atoms with Gasteiger partial charge < -0.3 is 5.32 Å². The van der Waals surface area contributed by atoms with Crippen LogP contribution in [0.5, 0.6) is 0 Å². The molecule has 90 valence electrons. The first kappa shape index (κ1) is 12.3. The smallest absolute Gasteiger partial charge is 0.222 e. The highest BCUT2D eigenvalue weighted by molar-refractivity contribution is 14.1. The zero-order valence-electron chi connectivity index (χ0n) is 10.0. The zero-order chi connectivity index (χ0) is 12.4. The van der Waals surface area contributed by atoms with E-state index in [1.165, 1.54) is 11.3 Å². The third-order valence-corrected chi connectivity index (χ3v) is 3.26. The van der Waals surface area contributed by atoms with Crippen molar-refractivity contribution >= 4 is 28.5 Å². The summed E-state index contributed by atoms with van der Waals surface area (Å²) in [7, 11) is 1.95. The maximum absolute atomic E-state index is 4.37. The van der Waals surface area contributed by atoms with Gasteiger partial charge in [0.25, 0.3) is 0 Å². The average molecular weight is 343 g/mol. The van der Waals surface area contributed by atoms with Crippen LogP contribution in [-0.4, -0.2) is 19.7 Å². The minimum Gasteiger partial charge on any atom is -0.350 e. The molecule has 0 aliphatic heterocycles. The third-order valence-electron chi connectivity index (χ3n) is 2.70. The van der Waals surface area contributed by atoms with Crippen molar-refractivity contribution in [2.75, 3.05) is 5.32 Å². The van der Waals surface area contributed by atoms with Gasteiger partial charge in [0.05, 0.1) is 5.69 Å². The first-order chi connectivity index (χ1) is 8.08. The van der Waals surface area contributed by atoms with Gasteiger partial charge in [0.1, 0.15) is 0 Å². The van der Waals surface area contributed by atoms with E-state index in [1.54, 1.807) is 12.4 Å². The van der Waals surface area contributed by atoms with Gasteiger partial charge in [0, 0.05) is 40.8 Å². The molecule has 2 aromatic heterocycles. The predicted molar refractivity (Wildman–Crippen MR) is 74.8 cm³/mol. The first-order valence-corrected chi connectivity index (χ1v) is 6.36. The van der Waals surface area contributed by atoms with Gasteiger partial charge in [-0.1, -0.05) is 0 Å². The molecule has 1 N–H and O–H groups in total. The second kappa shape index (κ2) is 4.99. The lowest BCUT2D eigenvalue weighted by molar-refractivity contribution is 0.730. The van der Waals surface area contributed by atoms with E-state index in [-0.39, 0.29) is 0 Å². The van der Waals surface area contributed by atoms with Gasteiger partial charge in [0.15, 0.2) is 0 Å². The summed E-state index contributed by atoms with van der Waals surface area (Å²) >= 11 is 2.18. The number of hydrogen-bond donors (Lipinski definition) is 1. The van der Waals surface area contributed by atoms with Crippen molar-refractivity contribution in [1.29, 1.82) is 0 Å². The molecule has 0 radical (unpaired) electrons. The molecule has 5 nitrogen and oxygen atoms in total. The Bertz CT molecular complexity index is 517. The summed E-state index contributed by atoms with van der Waals surface area (Å²) in [5.41, 5.74) is 3.41. The van der Waals surface area contributed by atoms with Crippen LogP contribution in [0.4, 0.5) is 5.95 Å². The van der Waals surface area contributed by atoms with Crippen LogP contribution in [0.1, 0.15) is 17.0 Å². The molecular weight excluding hydrogens is 329 g/mol. The molecular formula is C11H14IN5. The van der Waals surface area contributed by atoms with E-state index in [1.807, 2.05) is 18.7 Å². The van der Waals surface area contributed by atoms with E-state index in [0.717, 1.165) is 9.26 Å². The van der Waals surface area contributed by atoms with Gasteiger partial charge in [-0.2, -0.15) is 5.10 Å². The molecule has 2 heterocycles. The van der Waals surface area contributed by atoms with Crippen LogP contribution in [0.25, 0.3) is 0 Å². The molecule has 0 saturated carbocycles. The molecule has 0 amide bonds. The van der Waals surface area contributed by atoms with Gasteiger partial charge >= 0.3 is 0 Å². The van der Waals surface area contributed by atoms with Crippen molar-refractivity contribution in [3.63, 3.8) is 0 Å². The lowest BCUT2D eigenvalue weighted by Gasteiger charge is -2.05. The number of hydrogen-bond acceptors (Lipinski definition) is 4. The van der Waals surface area contributed by atoms with Crippen molar-refractivity contribution in [3.05, 3.63) is 32.9 Å². The molecule has 0 fully saturated rings. The summed E-state index contributed by atoms with van der Waals surface area (Å²) in [5, 5.41) is 7.58. The molecule has 0 saturated heterocycles. The molecule has 2 rings (SSSR count). The Kier molecular flexibility index (Phi) is 3.60. The second-order valence-electron chi connectivity index (χ2n) is 3.85. The van der Waals surface area contributed by atoms with E-state index in [2.05, 4.69) is 49.9 Å². The maximum atomic E-state index is 4.37. The summed E-state index contributed by atoms with van der Waals surface area (Å²) in [5.74, 6) is 0.646. The fraction of sp³-hybridized carbons (Fsp3) is 0.364. The maximum Gasteiger partial charge on any atom is 0.222 e. The topological polar surface area (TPSA) is 55.6 Å². The van der Waals surface area contributed by atoms with Crippen LogP contribution in [0, 0.1) is 17.4 Å². The van der Waals surface area contributed by atoms with Gasteiger partial charge in [-0.3, -0.25) is 4.68 Å². The van der Waals surface area contributed by atoms with Crippen molar-refractivity contribution in [2.24, 2.45) is 7.05 Å². The molecule has 0 atom stereocenters. The Hall–Kier alpha value is -1.18. The van der Waals surface area contributed by atoms with Gasteiger partial charge in [-0.25, -0.2) is 9.97 Å². The second-order valence-corrected chi connectivity index (χ2v) is 5.10. The van der Waals surface area contributed by atoms with Crippen molar-refractivity contribution in [2.45, 2.75) is 20.4 Å². The lowest BCUT2D eigenvalue weighted by Crippen LogP contribution is -2.05. The molecule has 6 heteroatoms. The van der Waals surface area contributed by atoms with E-state index < -0.39 is 0 Å². The molecule has 0 aromatic carbocycles. The van der Waals surface area contributed by atoms with E-state index in [9.17, 15) is 0 Å². The van der Waals surface area contributed by atoms with E-state index in [4.69, 9.17) is 0 Å². The zero-order valence-corrected chi connectivity index (χ0v) is 12.2. The first-order valence-electron chi connectivity index (χ1n) is 5.28. The quantitative estimate of drug-likeness (QED) is 0.867. The predicted octanol–water partition coefficient (Wildman–Crippen LogP) is 2.04. The normalized spacial score (nSPS) is 10.6. The molecule has 17 heavy (non-hydrogen) atoms. The van der Waals surface area contributed by atoms with Crippen molar-refractivity contribution < 1.29 is 0 Å². The van der Waals surface area contributed by atoms with Crippen LogP contribution in [-0.2, 0) is 13.6 Å². The van der Waals surface area contributed by atoms with E-state index >= 15 is 0 Å². The summed E-state index contributed by atoms with van der Waals surface area (Å²) in [4.78, 5) is 8.41. The van der Waals surface area contributed by atoms with Crippen LogP contribution >= 0.6 is 22.6 Å². The molecule has 0 bridgehead atoms. The third kappa shape index (κ3) is 2.74. The minimum absolute atomic E-state index is 0.646. The molecule has 2 aromatic rings. The number of anilines is 1. The van der Waals surface area contributed by atoms with Gasteiger partial charge in [-0.15, -0.1) is 0 Å². The lowest BCUT2D eigenvalue weighted by atomic mass is 10.2. The number of nitrogens with zero attached hydrogens (tertiary/aromatic N) is 4. The number of rotatable bonds is 3. The van der Waals surface area contributed by atoms with Crippen LogP contribution in [0.2, 0.25) is 0 Å². The number of aryl methyl sites for hydroxylation is 2. The van der Waals surface area contributed by atoms with E-state index in [0.29, 0.717) is 12.5 Å². The highest BCUT2D eigenvalue weighted by Gasteiger charge is 2.09. The van der Waals surface area contributed by atoms with Crippen molar-refractivity contribution in [3.8, 4) is 0 Å². The van der Waals surface area contributed by atoms with Crippen LogP contribution < -0.4 is 5.32 Å². The molecule has 0 aliphatic rings. The Balaban J connectivity index is 2.09. The van der Waals surface area contributed by atoms with Crippen LogP contribution in [0.3, 0.4) is 0 Å². The Morgan fingerprint density at radius 3 is 2.47 bits per heavy atom. The average Bonchev–Trinajstić information content (AvgIpc) is 2.54. The molecule has 0 aliphatic carbocycles. The van der Waals surface area contributed by atoms with Crippen molar-refractivity contribution in [1.82, 2.24) is 19.7 Å². The van der Waals surface area contributed by atoms with Crippen LogP contribution in [0.15, 0.2) is 12.4 Å². The SMILES string of the molecule is Cc1nn(C)c(C)c1CNc1ncc(I)cn1. The summed E-state index contributed by atoms with van der Waals surface area (Å²) in [6.07, 6.45) is 3.58. The fourth-order valence-electron chi connectivity index (χ4n) is 1.64. The Morgan fingerprint density at radius 1 is 1.29 bits per heavy atom. The molecule has 0 unspecified atom stereocenters. The fourth-order valence-corrected chi connectivity index (χ4v) is 1.92.